The zero-order chi connectivity index (χ0) is 20.2. The van der Waals surface area contributed by atoms with Crippen LogP contribution in [0.1, 0.15) is 19.3 Å². The summed E-state index contributed by atoms with van der Waals surface area (Å²) in [6, 6.07) is 3.37. The van der Waals surface area contributed by atoms with Crippen molar-refractivity contribution in [1.29, 1.82) is 0 Å². The standard InChI is InChI=1S/C20H29N5O4/c26-18-2-1-5-21-25(18)11-8-22-6-9-23(10-7-22)20(28)16-14-19(27)24(15-16)17-3-12-29-13-4-17/h1-2,5,16-17H,3-4,6-15H2. The molecule has 3 aliphatic heterocycles. The first-order chi connectivity index (χ1) is 14.1. The fourth-order valence-corrected chi connectivity index (χ4v) is 4.49. The third kappa shape index (κ3) is 4.67. The van der Waals surface area contributed by atoms with Crippen molar-refractivity contribution in [2.75, 3.05) is 52.5 Å². The lowest BCUT2D eigenvalue weighted by molar-refractivity contribution is -0.137. The maximum absolute atomic E-state index is 13.0. The molecule has 9 nitrogen and oxygen atoms in total. The lowest BCUT2D eigenvalue weighted by Crippen LogP contribution is -2.51. The number of likely N-dealkylation sites (tertiary alicyclic amines) is 1. The van der Waals surface area contributed by atoms with Gasteiger partial charge in [-0.1, -0.05) is 0 Å². The van der Waals surface area contributed by atoms with Crippen LogP contribution < -0.4 is 5.56 Å². The Kier molecular flexibility index (Phi) is 6.25. The number of carbonyl (C=O) groups excluding carboxylic acids is 2. The summed E-state index contributed by atoms with van der Waals surface area (Å²) in [7, 11) is 0. The molecule has 1 aromatic rings. The lowest BCUT2D eigenvalue weighted by Gasteiger charge is -2.36. The second kappa shape index (κ2) is 9.04. The van der Waals surface area contributed by atoms with E-state index in [1.54, 1.807) is 12.3 Å². The minimum atomic E-state index is -0.219. The van der Waals surface area contributed by atoms with E-state index in [0.717, 1.165) is 32.5 Å². The molecular weight excluding hydrogens is 374 g/mol. The van der Waals surface area contributed by atoms with E-state index in [0.29, 0.717) is 45.8 Å². The molecule has 3 aliphatic rings. The summed E-state index contributed by atoms with van der Waals surface area (Å²) in [5, 5.41) is 4.08. The molecule has 4 heterocycles. The SMILES string of the molecule is O=C(C1CC(=O)N(C2CCOCC2)C1)N1CCN(CCn2ncccc2=O)CC1. The maximum atomic E-state index is 13.0. The lowest BCUT2D eigenvalue weighted by atomic mass is 10.1. The van der Waals surface area contributed by atoms with Gasteiger partial charge in [0.15, 0.2) is 0 Å². The molecule has 158 valence electrons. The normalized spacial score (nSPS) is 24.3. The van der Waals surface area contributed by atoms with E-state index in [1.165, 1.54) is 10.7 Å². The Balaban J connectivity index is 1.24. The van der Waals surface area contributed by atoms with Crippen LogP contribution in [0.15, 0.2) is 23.1 Å². The van der Waals surface area contributed by atoms with E-state index < -0.39 is 0 Å². The molecule has 3 saturated heterocycles. The number of aromatic nitrogens is 2. The van der Waals surface area contributed by atoms with Gasteiger partial charge in [0.25, 0.3) is 5.56 Å². The number of nitrogens with zero attached hydrogens (tertiary/aromatic N) is 5. The molecule has 29 heavy (non-hydrogen) atoms. The summed E-state index contributed by atoms with van der Waals surface area (Å²) in [6.07, 6.45) is 3.68. The van der Waals surface area contributed by atoms with Gasteiger partial charge in [-0.2, -0.15) is 5.10 Å². The number of hydrogen-bond donors (Lipinski definition) is 0. The molecule has 3 fully saturated rings. The quantitative estimate of drug-likeness (QED) is 0.653. The second-order valence-electron chi connectivity index (χ2n) is 8.04. The van der Waals surface area contributed by atoms with Crippen LogP contribution in [0.3, 0.4) is 0 Å². The molecule has 0 aliphatic carbocycles. The molecule has 0 saturated carbocycles. The Labute approximate surface area is 170 Å². The molecule has 0 spiro atoms. The molecular formula is C20H29N5O4. The Morgan fingerprint density at radius 3 is 2.59 bits per heavy atom. The van der Waals surface area contributed by atoms with Gasteiger partial charge in [0.2, 0.25) is 11.8 Å². The minimum Gasteiger partial charge on any atom is -0.381 e. The Bertz CT molecular complexity index is 783. The Hall–Kier alpha value is -2.26. The van der Waals surface area contributed by atoms with Crippen molar-refractivity contribution in [3.8, 4) is 0 Å². The topological polar surface area (TPSA) is 88.0 Å². The zero-order valence-electron chi connectivity index (χ0n) is 16.7. The molecule has 2 amide bonds. The highest BCUT2D eigenvalue weighted by Crippen LogP contribution is 2.26. The third-order valence-corrected chi connectivity index (χ3v) is 6.24. The predicted octanol–water partition coefficient (Wildman–Crippen LogP) is -0.585. The van der Waals surface area contributed by atoms with Crippen LogP contribution in [0, 0.1) is 5.92 Å². The Morgan fingerprint density at radius 1 is 1.10 bits per heavy atom. The van der Waals surface area contributed by atoms with Crippen LogP contribution in [0.25, 0.3) is 0 Å². The number of hydrogen-bond acceptors (Lipinski definition) is 6. The van der Waals surface area contributed by atoms with Gasteiger partial charge in [0, 0.05) is 77.2 Å². The fraction of sp³-hybridized carbons (Fsp3) is 0.700. The summed E-state index contributed by atoms with van der Waals surface area (Å²) in [5.74, 6) is -0.00724. The highest BCUT2D eigenvalue weighted by Gasteiger charge is 2.40. The fourth-order valence-electron chi connectivity index (χ4n) is 4.49. The van der Waals surface area contributed by atoms with E-state index in [9.17, 15) is 14.4 Å². The average molecular weight is 403 g/mol. The van der Waals surface area contributed by atoms with Crippen LogP contribution in [0.5, 0.6) is 0 Å². The van der Waals surface area contributed by atoms with Gasteiger partial charge in [-0.15, -0.1) is 0 Å². The second-order valence-corrected chi connectivity index (χ2v) is 8.04. The largest absolute Gasteiger partial charge is 0.381 e. The van der Waals surface area contributed by atoms with Crippen molar-refractivity contribution < 1.29 is 14.3 Å². The van der Waals surface area contributed by atoms with Gasteiger partial charge in [-0.05, 0) is 18.9 Å². The van der Waals surface area contributed by atoms with E-state index in [-0.39, 0.29) is 29.3 Å². The average Bonchev–Trinajstić information content (AvgIpc) is 3.15. The summed E-state index contributed by atoms with van der Waals surface area (Å²) >= 11 is 0. The molecule has 9 heteroatoms. The highest BCUT2D eigenvalue weighted by atomic mass is 16.5. The first kappa shape index (κ1) is 20.0. The molecule has 1 atom stereocenters. The van der Waals surface area contributed by atoms with Gasteiger partial charge < -0.3 is 14.5 Å². The third-order valence-electron chi connectivity index (χ3n) is 6.24. The number of rotatable bonds is 5. The molecule has 1 unspecified atom stereocenters. The zero-order valence-corrected chi connectivity index (χ0v) is 16.7. The summed E-state index contributed by atoms with van der Waals surface area (Å²) < 4.78 is 6.85. The minimum absolute atomic E-state index is 0.0960. The predicted molar refractivity (Wildman–Crippen MR) is 105 cm³/mol. The van der Waals surface area contributed by atoms with Crippen molar-refractivity contribution in [2.45, 2.75) is 31.8 Å². The van der Waals surface area contributed by atoms with Crippen molar-refractivity contribution in [1.82, 2.24) is 24.5 Å². The van der Waals surface area contributed by atoms with E-state index in [1.807, 2.05) is 9.80 Å². The van der Waals surface area contributed by atoms with Gasteiger partial charge in [-0.3, -0.25) is 19.3 Å². The first-order valence-electron chi connectivity index (χ1n) is 10.5. The van der Waals surface area contributed by atoms with E-state index in [4.69, 9.17) is 4.74 Å². The van der Waals surface area contributed by atoms with E-state index in [2.05, 4.69) is 10.00 Å². The molecule has 0 radical (unpaired) electrons. The van der Waals surface area contributed by atoms with Crippen LogP contribution in [0.4, 0.5) is 0 Å². The summed E-state index contributed by atoms with van der Waals surface area (Å²) in [6.45, 7) is 6.10. The maximum Gasteiger partial charge on any atom is 0.266 e. The number of carbonyl (C=O) groups is 2. The van der Waals surface area contributed by atoms with Crippen molar-refractivity contribution in [2.24, 2.45) is 5.92 Å². The molecule has 0 aromatic carbocycles. The molecule has 1 aromatic heterocycles. The summed E-state index contributed by atoms with van der Waals surface area (Å²) in [5.41, 5.74) is -0.0960. The van der Waals surface area contributed by atoms with Gasteiger partial charge in [0.05, 0.1) is 12.5 Å². The van der Waals surface area contributed by atoms with Crippen molar-refractivity contribution in [3.05, 3.63) is 28.7 Å². The number of piperazine rings is 1. The molecule has 0 bridgehead atoms. The van der Waals surface area contributed by atoms with E-state index >= 15 is 0 Å². The summed E-state index contributed by atoms with van der Waals surface area (Å²) in [4.78, 5) is 43.2. The van der Waals surface area contributed by atoms with Crippen LogP contribution in [-0.2, 0) is 20.9 Å². The van der Waals surface area contributed by atoms with Gasteiger partial charge in [-0.25, -0.2) is 4.68 Å². The smallest absolute Gasteiger partial charge is 0.266 e. The molecule has 4 rings (SSSR count). The number of ether oxygens (including phenoxy) is 1. The highest BCUT2D eigenvalue weighted by molar-refractivity contribution is 5.89. The van der Waals surface area contributed by atoms with Crippen molar-refractivity contribution >= 4 is 11.8 Å². The van der Waals surface area contributed by atoms with Crippen LogP contribution in [0.2, 0.25) is 0 Å². The number of amides is 2. The van der Waals surface area contributed by atoms with Crippen molar-refractivity contribution in [3.63, 3.8) is 0 Å². The Morgan fingerprint density at radius 2 is 1.86 bits per heavy atom. The monoisotopic (exact) mass is 403 g/mol. The molecule has 0 N–H and O–H groups in total. The van der Waals surface area contributed by atoms with Gasteiger partial charge >= 0.3 is 0 Å². The van der Waals surface area contributed by atoms with Gasteiger partial charge in [0.1, 0.15) is 0 Å². The van der Waals surface area contributed by atoms with Crippen LogP contribution in [-0.4, -0.2) is 94.8 Å². The van der Waals surface area contributed by atoms with Crippen LogP contribution >= 0.6 is 0 Å². The first-order valence-corrected chi connectivity index (χ1v) is 10.5.